The number of carbonyl (C=O) groups excluding carboxylic acids is 1. The molecule has 4 rings (SSSR count). The highest BCUT2D eigenvalue weighted by molar-refractivity contribution is 5.94. The molecule has 1 atom stereocenters. The van der Waals surface area contributed by atoms with Gasteiger partial charge in [0.05, 0.1) is 11.6 Å². The lowest BCUT2D eigenvalue weighted by atomic mass is 10.0. The Bertz CT molecular complexity index is 717. The van der Waals surface area contributed by atoms with Crippen molar-refractivity contribution in [2.75, 3.05) is 19.8 Å². The van der Waals surface area contributed by atoms with Gasteiger partial charge in [-0.2, -0.15) is 0 Å². The average molecular weight is 310 g/mol. The molecule has 2 aromatic rings. The van der Waals surface area contributed by atoms with Crippen LogP contribution in [-0.4, -0.2) is 35.5 Å². The number of nitrogens with zero attached hydrogens (tertiary/aromatic N) is 2. The van der Waals surface area contributed by atoms with Gasteiger partial charge in [-0.3, -0.25) is 9.78 Å². The molecule has 23 heavy (non-hydrogen) atoms. The Hall–Kier alpha value is -2.56. The zero-order valence-corrected chi connectivity index (χ0v) is 12.8. The number of rotatable bonds is 2. The first-order valence-electron chi connectivity index (χ1n) is 7.93. The largest absolute Gasteiger partial charge is 0.486 e. The second kappa shape index (κ2) is 5.91. The quantitative estimate of drug-likeness (QED) is 0.856. The third-order valence-electron chi connectivity index (χ3n) is 4.37. The van der Waals surface area contributed by atoms with E-state index in [-0.39, 0.29) is 11.9 Å². The third-order valence-corrected chi connectivity index (χ3v) is 4.37. The number of likely N-dealkylation sites (tertiary alicyclic amines) is 1. The molecule has 5 nitrogen and oxygen atoms in total. The van der Waals surface area contributed by atoms with Crippen molar-refractivity contribution in [3.63, 3.8) is 0 Å². The van der Waals surface area contributed by atoms with Gasteiger partial charge in [-0.25, -0.2) is 0 Å². The summed E-state index contributed by atoms with van der Waals surface area (Å²) < 4.78 is 11.2. The minimum atomic E-state index is 0.0375. The molecule has 0 radical (unpaired) electrons. The zero-order chi connectivity index (χ0) is 15.6. The van der Waals surface area contributed by atoms with Crippen LogP contribution in [0.3, 0.4) is 0 Å². The summed E-state index contributed by atoms with van der Waals surface area (Å²) in [6.07, 6.45) is 5.28. The monoisotopic (exact) mass is 310 g/mol. The van der Waals surface area contributed by atoms with Crippen molar-refractivity contribution < 1.29 is 14.3 Å². The Morgan fingerprint density at radius 1 is 1.17 bits per heavy atom. The molecule has 1 amide bonds. The third kappa shape index (κ3) is 2.63. The predicted octanol–water partition coefficient (Wildman–Crippen LogP) is 2.83. The minimum absolute atomic E-state index is 0.0375. The van der Waals surface area contributed by atoms with Crippen LogP contribution >= 0.6 is 0 Å². The molecule has 118 valence electrons. The van der Waals surface area contributed by atoms with Crippen molar-refractivity contribution in [1.29, 1.82) is 0 Å². The topological polar surface area (TPSA) is 51.7 Å². The summed E-state index contributed by atoms with van der Waals surface area (Å²) in [6.45, 7) is 1.92. The predicted molar refractivity (Wildman–Crippen MR) is 84.7 cm³/mol. The van der Waals surface area contributed by atoms with Crippen LogP contribution in [0.5, 0.6) is 11.5 Å². The first-order valence-corrected chi connectivity index (χ1v) is 7.93. The molecular formula is C18H18N2O3. The summed E-state index contributed by atoms with van der Waals surface area (Å²) in [6, 6.07) is 9.67. The standard InChI is InChI=1S/C18H18N2O3/c21-18(14-3-1-7-19-12-14)20-8-2-4-15(20)13-5-6-16-17(11-13)23-10-9-22-16/h1,3,5-7,11-12,15H,2,4,8-10H2. The second-order valence-corrected chi connectivity index (χ2v) is 5.80. The van der Waals surface area contributed by atoms with Crippen molar-refractivity contribution >= 4 is 5.91 Å². The lowest BCUT2D eigenvalue weighted by molar-refractivity contribution is 0.0734. The van der Waals surface area contributed by atoms with E-state index in [4.69, 9.17) is 9.47 Å². The van der Waals surface area contributed by atoms with Crippen LogP contribution in [0, 0.1) is 0 Å². The van der Waals surface area contributed by atoms with E-state index >= 15 is 0 Å². The van der Waals surface area contributed by atoms with Crippen molar-refractivity contribution in [3.8, 4) is 11.5 Å². The molecule has 0 spiro atoms. The van der Waals surface area contributed by atoms with E-state index in [9.17, 15) is 4.79 Å². The van der Waals surface area contributed by atoms with Crippen molar-refractivity contribution in [1.82, 2.24) is 9.88 Å². The molecule has 2 aliphatic heterocycles. The fourth-order valence-electron chi connectivity index (χ4n) is 3.28. The summed E-state index contributed by atoms with van der Waals surface area (Å²) in [5.74, 6) is 1.59. The average Bonchev–Trinajstić information content (AvgIpc) is 3.11. The summed E-state index contributed by atoms with van der Waals surface area (Å²) in [5.41, 5.74) is 1.74. The van der Waals surface area contributed by atoms with Gasteiger partial charge in [-0.1, -0.05) is 6.07 Å². The molecule has 5 heteroatoms. The maximum absolute atomic E-state index is 12.7. The maximum atomic E-state index is 12.7. The summed E-state index contributed by atoms with van der Waals surface area (Å²) in [7, 11) is 0. The van der Waals surface area contributed by atoms with Crippen LogP contribution in [0.25, 0.3) is 0 Å². The number of pyridine rings is 1. The summed E-state index contributed by atoms with van der Waals surface area (Å²) in [5, 5.41) is 0. The number of fused-ring (bicyclic) bond motifs is 1. The lowest BCUT2D eigenvalue weighted by Crippen LogP contribution is -2.30. The number of amides is 1. The van der Waals surface area contributed by atoms with Gasteiger partial charge in [-0.15, -0.1) is 0 Å². The molecule has 0 aliphatic carbocycles. The molecule has 0 saturated carbocycles. The second-order valence-electron chi connectivity index (χ2n) is 5.80. The van der Waals surface area contributed by atoms with Gasteiger partial charge in [0.1, 0.15) is 13.2 Å². The molecule has 1 unspecified atom stereocenters. The van der Waals surface area contributed by atoms with Crippen LogP contribution in [-0.2, 0) is 0 Å². The molecule has 1 fully saturated rings. The Morgan fingerprint density at radius 2 is 2.04 bits per heavy atom. The Morgan fingerprint density at radius 3 is 2.87 bits per heavy atom. The normalized spacial score (nSPS) is 19.7. The highest BCUT2D eigenvalue weighted by Gasteiger charge is 2.31. The summed E-state index contributed by atoms with van der Waals surface area (Å²) >= 11 is 0. The molecule has 0 bridgehead atoms. The molecular weight excluding hydrogens is 292 g/mol. The van der Waals surface area contributed by atoms with Gasteiger partial charge in [-0.05, 0) is 42.7 Å². The van der Waals surface area contributed by atoms with Crippen LogP contribution in [0.15, 0.2) is 42.7 Å². The van der Waals surface area contributed by atoms with E-state index in [1.165, 1.54) is 0 Å². The lowest BCUT2D eigenvalue weighted by Gasteiger charge is -2.26. The summed E-state index contributed by atoms with van der Waals surface area (Å²) in [4.78, 5) is 18.7. The van der Waals surface area contributed by atoms with Crippen molar-refractivity contribution in [3.05, 3.63) is 53.9 Å². The van der Waals surface area contributed by atoms with Gasteiger partial charge in [0.15, 0.2) is 11.5 Å². The van der Waals surface area contributed by atoms with Crippen molar-refractivity contribution in [2.24, 2.45) is 0 Å². The minimum Gasteiger partial charge on any atom is -0.486 e. The fraction of sp³-hybridized carbons (Fsp3) is 0.333. The van der Waals surface area contributed by atoms with Crippen LogP contribution in [0.4, 0.5) is 0 Å². The molecule has 2 aliphatic rings. The first-order chi connectivity index (χ1) is 11.3. The van der Waals surface area contributed by atoms with E-state index < -0.39 is 0 Å². The Labute approximate surface area is 134 Å². The van der Waals surface area contributed by atoms with E-state index in [1.807, 2.05) is 29.2 Å². The molecule has 3 heterocycles. The Balaban J connectivity index is 1.62. The molecule has 0 N–H and O–H groups in total. The highest BCUT2D eigenvalue weighted by atomic mass is 16.6. The number of ether oxygens (including phenoxy) is 2. The first kappa shape index (κ1) is 14.1. The van der Waals surface area contributed by atoms with E-state index in [0.717, 1.165) is 36.4 Å². The van der Waals surface area contributed by atoms with Crippen molar-refractivity contribution in [2.45, 2.75) is 18.9 Å². The SMILES string of the molecule is O=C(c1cccnc1)N1CCCC1c1ccc2c(c1)OCCO2. The van der Waals surface area contributed by atoms with E-state index in [2.05, 4.69) is 4.98 Å². The molecule has 1 saturated heterocycles. The number of hydrogen-bond acceptors (Lipinski definition) is 4. The van der Waals surface area contributed by atoms with Gasteiger partial charge in [0.25, 0.3) is 5.91 Å². The molecule has 1 aromatic heterocycles. The van der Waals surface area contributed by atoms with E-state index in [1.54, 1.807) is 18.5 Å². The van der Waals surface area contributed by atoms with Gasteiger partial charge < -0.3 is 14.4 Å². The Kier molecular flexibility index (Phi) is 3.61. The van der Waals surface area contributed by atoms with E-state index in [0.29, 0.717) is 18.8 Å². The fourth-order valence-corrected chi connectivity index (χ4v) is 3.28. The van der Waals surface area contributed by atoms with Gasteiger partial charge in [0, 0.05) is 18.9 Å². The number of carbonyl (C=O) groups is 1. The number of hydrogen-bond donors (Lipinski definition) is 0. The smallest absolute Gasteiger partial charge is 0.255 e. The number of benzene rings is 1. The molecule has 1 aromatic carbocycles. The van der Waals surface area contributed by atoms with Crippen LogP contribution < -0.4 is 9.47 Å². The van der Waals surface area contributed by atoms with Crippen LogP contribution in [0.1, 0.15) is 34.8 Å². The van der Waals surface area contributed by atoms with Crippen LogP contribution in [0.2, 0.25) is 0 Å². The van der Waals surface area contributed by atoms with Gasteiger partial charge in [0.2, 0.25) is 0 Å². The highest BCUT2D eigenvalue weighted by Crippen LogP contribution is 2.38. The zero-order valence-electron chi connectivity index (χ0n) is 12.8. The van der Waals surface area contributed by atoms with Gasteiger partial charge >= 0.3 is 0 Å². The maximum Gasteiger partial charge on any atom is 0.255 e. The number of aromatic nitrogens is 1.